The van der Waals surface area contributed by atoms with Crippen LogP contribution in [0.25, 0.3) is 0 Å². The van der Waals surface area contributed by atoms with E-state index in [1.807, 2.05) is 0 Å². The van der Waals surface area contributed by atoms with Crippen LogP contribution in [0.2, 0.25) is 0 Å². The van der Waals surface area contributed by atoms with Gasteiger partial charge in [0.15, 0.2) is 0 Å². The van der Waals surface area contributed by atoms with Crippen LogP contribution in [0, 0.1) is 39.9 Å². The summed E-state index contributed by atoms with van der Waals surface area (Å²) >= 11 is 0. The van der Waals surface area contributed by atoms with Gasteiger partial charge in [-0.25, -0.2) is 4.79 Å². The molecule has 178 valence electrons. The highest BCUT2D eigenvalue weighted by atomic mass is 16.7. The van der Waals surface area contributed by atoms with Crippen molar-refractivity contribution < 1.29 is 23.8 Å². The summed E-state index contributed by atoms with van der Waals surface area (Å²) in [7, 11) is 0. The fraction of sp³-hybridized carbons (Fsp3) is 0.852. The number of hydrogen-bond acceptors (Lipinski definition) is 5. The van der Waals surface area contributed by atoms with Crippen LogP contribution in [-0.2, 0) is 23.8 Å². The summed E-state index contributed by atoms with van der Waals surface area (Å²) < 4.78 is 17.3. The minimum Gasteiger partial charge on any atom is -0.458 e. The van der Waals surface area contributed by atoms with Crippen LogP contribution in [0.15, 0.2) is 11.6 Å². The Morgan fingerprint density at radius 2 is 1.81 bits per heavy atom. The summed E-state index contributed by atoms with van der Waals surface area (Å²) in [6.07, 6.45) is 10.5. The van der Waals surface area contributed by atoms with Crippen LogP contribution < -0.4 is 0 Å². The van der Waals surface area contributed by atoms with E-state index in [0.717, 1.165) is 24.3 Å². The quantitative estimate of drug-likeness (QED) is 0.532. The van der Waals surface area contributed by atoms with Crippen molar-refractivity contribution in [1.82, 2.24) is 0 Å². The van der Waals surface area contributed by atoms with Gasteiger partial charge in [0.2, 0.25) is 6.29 Å². The number of carbonyl (C=O) groups is 2. The highest BCUT2D eigenvalue weighted by Crippen LogP contribution is 2.70. The Morgan fingerprint density at radius 3 is 2.50 bits per heavy atom. The molecule has 3 saturated carbocycles. The van der Waals surface area contributed by atoms with E-state index in [2.05, 4.69) is 27.7 Å². The first-order chi connectivity index (χ1) is 15.0. The van der Waals surface area contributed by atoms with Crippen molar-refractivity contribution in [2.75, 3.05) is 6.61 Å². The van der Waals surface area contributed by atoms with Crippen molar-refractivity contribution in [3.63, 3.8) is 0 Å². The molecular formula is C27H40O5. The fourth-order valence-corrected chi connectivity index (χ4v) is 9.25. The van der Waals surface area contributed by atoms with E-state index in [1.54, 1.807) is 6.08 Å². The lowest BCUT2D eigenvalue weighted by atomic mass is 9.38. The van der Waals surface area contributed by atoms with Gasteiger partial charge in [-0.15, -0.1) is 0 Å². The first-order valence-electron chi connectivity index (χ1n) is 12.7. The molecule has 0 bridgehead atoms. The Kier molecular flexibility index (Phi) is 5.31. The van der Waals surface area contributed by atoms with Crippen molar-refractivity contribution in [1.29, 1.82) is 0 Å². The van der Waals surface area contributed by atoms with Gasteiger partial charge in [0.1, 0.15) is 6.61 Å². The number of esters is 2. The van der Waals surface area contributed by atoms with Crippen LogP contribution in [0.5, 0.6) is 0 Å². The lowest BCUT2D eigenvalue weighted by Crippen LogP contribution is -2.62. The Bertz CT molecular complexity index is 830. The summed E-state index contributed by atoms with van der Waals surface area (Å²) in [5.41, 5.74) is 1.88. The predicted molar refractivity (Wildman–Crippen MR) is 120 cm³/mol. The van der Waals surface area contributed by atoms with Crippen molar-refractivity contribution in [2.24, 2.45) is 39.9 Å². The largest absolute Gasteiger partial charge is 0.458 e. The molecule has 8 atom stereocenters. The van der Waals surface area contributed by atoms with Crippen LogP contribution >= 0.6 is 0 Å². The molecule has 0 N–H and O–H groups in total. The molecule has 0 aromatic carbocycles. The molecule has 0 amide bonds. The van der Waals surface area contributed by atoms with E-state index in [4.69, 9.17) is 14.2 Å². The molecule has 1 unspecified atom stereocenters. The standard InChI is InChI=1S/C27H40O5/c1-16(28)31-24-18-7-8-22-26(4,12-9-21-25(2,3)10-6-11-27(21,22)5)19(18)14-20(32-24)17-13-23(29)30-15-17/h13,18-22,24H,6-12,14-15H2,1-5H3/t18-,19+,20+,21?,22-,24+,26-,27-/m0/s1. The Morgan fingerprint density at radius 1 is 1.03 bits per heavy atom. The lowest BCUT2D eigenvalue weighted by Gasteiger charge is -2.67. The monoisotopic (exact) mass is 444 g/mol. The summed E-state index contributed by atoms with van der Waals surface area (Å²) in [5.74, 6) is 1.53. The van der Waals surface area contributed by atoms with E-state index in [0.29, 0.717) is 29.3 Å². The number of fused-ring (bicyclic) bond motifs is 5. The molecule has 2 aliphatic heterocycles. The molecule has 5 rings (SSSR count). The summed E-state index contributed by atoms with van der Waals surface area (Å²) in [4.78, 5) is 23.7. The Labute approximate surface area is 192 Å². The van der Waals surface area contributed by atoms with Gasteiger partial charge in [-0.2, -0.15) is 0 Å². The van der Waals surface area contributed by atoms with Gasteiger partial charge in [0.05, 0.1) is 6.10 Å². The third kappa shape index (κ3) is 3.36. The molecule has 3 aliphatic carbocycles. The van der Waals surface area contributed by atoms with Crippen molar-refractivity contribution in [2.45, 2.75) is 98.4 Å². The summed E-state index contributed by atoms with van der Waals surface area (Å²) in [6, 6.07) is 0. The zero-order valence-electron chi connectivity index (χ0n) is 20.4. The average molecular weight is 445 g/mol. The van der Waals surface area contributed by atoms with Crippen LogP contribution in [0.3, 0.4) is 0 Å². The van der Waals surface area contributed by atoms with Gasteiger partial charge in [-0.05, 0) is 78.9 Å². The topological polar surface area (TPSA) is 61.8 Å². The molecule has 0 spiro atoms. The minimum absolute atomic E-state index is 0.200. The molecule has 1 saturated heterocycles. The van der Waals surface area contributed by atoms with E-state index < -0.39 is 6.29 Å². The summed E-state index contributed by atoms with van der Waals surface area (Å²) in [5, 5.41) is 0. The van der Waals surface area contributed by atoms with Crippen molar-refractivity contribution in [3.8, 4) is 0 Å². The maximum Gasteiger partial charge on any atom is 0.331 e. The first kappa shape index (κ1) is 22.4. The average Bonchev–Trinajstić information content (AvgIpc) is 3.13. The van der Waals surface area contributed by atoms with Crippen molar-refractivity contribution in [3.05, 3.63) is 11.6 Å². The second-order valence-corrected chi connectivity index (χ2v) is 12.5. The zero-order valence-corrected chi connectivity index (χ0v) is 20.4. The molecule has 5 aliphatic rings. The van der Waals surface area contributed by atoms with Gasteiger partial charge in [0.25, 0.3) is 0 Å². The third-order valence-electron chi connectivity index (χ3n) is 10.5. The molecule has 0 radical (unpaired) electrons. The maximum atomic E-state index is 11.9. The van der Waals surface area contributed by atoms with Crippen LogP contribution in [-0.4, -0.2) is 30.9 Å². The zero-order chi connectivity index (χ0) is 22.9. The number of carbonyl (C=O) groups excluding carboxylic acids is 2. The van der Waals surface area contributed by atoms with Gasteiger partial charge >= 0.3 is 11.9 Å². The van der Waals surface area contributed by atoms with E-state index in [-0.39, 0.29) is 29.4 Å². The molecule has 5 nitrogen and oxygen atoms in total. The number of ether oxygens (including phenoxy) is 3. The second kappa shape index (κ2) is 7.58. The molecule has 5 heteroatoms. The van der Waals surface area contributed by atoms with E-state index >= 15 is 0 Å². The molecule has 0 aromatic rings. The van der Waals surface area contributed by atoms with Crippen molar-refractivity contribution >= 4 is 11.9 Å². The summed E-state index contributed by atoms with van der Waals surface area (Å²) in [6.45, 7) is 11.9. The molecule has 2 heterocycles. The third-order valence-corrected chi connectivity index (χ3v) is 10.5. The highest BCUT2D eigenvalue weighted by Gasteiger charge is 2.64. The van der Waals surface area contributed by atoms with Gasteiger partial charge in [-0.3, -0.25) is 4.79 Å². The molecule has 0 aromatic heterocycles. The smallest absolute Gasteiger partial charge is 0.331 e. The molecular weight excluding hydrogens is 404 g/mol. The minimum atomic E-state index is -0.529. The predicted octanol–water partition coefficient (Wildman–Crippen LogP) is 5.42. The second-order valence-electron chi connectivity index (χ2n) is 12.5. The van der Waals surface area contributed by atoms with E-state index in [9.17, 15) is 9.59 Å². The highest BCUT2D eigenvalue weighted by molar-refractivity contribution is 5.85. The van der Waals surface area contributed by atoms with Crippen LogP contribution in [0.4, 0.5) is 0 Å². The fourth-order valence-electron chi connectivity index (χ4n) is 9.25. The van der Waals surface area contributed by atoms with E-state index in [1.165, 1.54) is 45.4 Å². The van der Waals surface area contributed by atoms with Gasteiger partial charge in [-0.1, -0.05) is 34.1 Å². The SMILES string of the molecule is CC(=O)O[C@@H]1O[C@@H](C2=CC(=O)OC2)C[C@@H]2[C@@H]1CC[C@H]1[C@@]2(C)CCC2C(C)(C)CCC[C@@]21C. The molecule has 32 heavy (non-hydrogen) atoms. The number of hydrogen-bond donors (Lipinski definition) is 0. The Balaban J connectivity index is 1.49. The Hall–Kier alpha value is -1.36. The maximum absolute atomic E-state index is 11.9. The van der Waals surface area contributed by atoms with Gasteiger partial charge in [0, 0.05) is 24.5 Å². The van der Waals surface area contributed by atoms with Crippen LogP contribution in [0.1, 0.15) is 86.0 Å². The molecule has 4 fully saturated rings. The number of cyclic esters (lactones) is 1. The van der Waals surface area contributed by atoms with Gasteiger partial charge < -0.3 is 14.2 Å². The normalized spacial score (nSPS) is 47.4. The number of rotatable bonds is 2. The first-order valence-corrected chi connectivity index (χ1v) is 12.7. The lowest BCUT2D eigenvalue weighted by molar-refractivity contribution is -0.268.